The standard InChI is InChI=1S/C15H18F5N3/c16-10-5-6-12(17)13(7-10)23-14(21)22-8-9-3-1-2-4-11(9)15(18,19)20/h5-7,9,11H,1-4,8H2,(H3,21,22,23)/t9-,11-/m1/s1. The van der Waals surface area contributed by atoms with Crippen molar-refractivity contribution >= 4 is 11.6 Å². The normalized spacial score (nSPS) is 22.9. The lowest BCUT2D eigenvalue weighted by Crippen LogP contribution is -2.35. The van der Waals surface area contributed by atoms with E-state index in [4.69, 9.17) is 5.73 Å². The van der Waals surface area contributed by atoms with E-state index in [2.05, 4.69) is 10.3 Å². The van der Waals surface area contributed by atoms with Crippen LogP contribution in [0.3, 0.4) is 0 Å². The molecule has 3 N–H and O–H groups in total. The van der Waals surface area contributed by atoms with E-state index >= 15 is 0 Å². The quantitative estimate of drug-likeness (QED) is 0.497. The molecule has 2 atom stereocenters. The van der Waals surface area contributed by atoms with E-state index in [9.17, 15) is 22.0 Å². The molecule has 0 spiro atoms. The zero-order valence-electron chi connectivity index (χ0n) is 12.3. The average molecular weight is 335 g/mol. The fourth-order valence-electron chi connectivity index (χ4n) is 2.84. The highest BCUT2D eigenvalue weighted by atomic mass is 19.4. The molecule has 23 heavy (non-hydrogen) atoms. The van der Waals surface area contributed by atoms with Crippen LogP contribution >= 0.6 is 0 Å². The van der Waals surface area contributed by atoms with Crippen molar-refractivity contribution in [3.05, 3.63) is 29.8 Å². The Hall–Kier alpha value is -1.86. The van der Waals surface area contributed by atoms with Crippen LogP contribution < -0.4 is 11.1 Å². The highest BCUT2D eigenvalue weighted by molar-refractivity contribution is 5.92. The van der Waals surface area contributed by atoms with Crippen LogP contribution in [0.15, 0.2) is 23.2 Å². The van der Waals surface area contributed by atoms with Gasteiger partial charge in [0.2, 0.25) is 0 Å². The van der Waals surface area contributed by atoms with Gasteiger partial charge in [0.15, 0.2) is 5.96 Å². The summed E-state index contributed by atoms with van der Waals surface area (Å²) >= 11 is 0. The Labute approximate surface area is 130 Å². The molecule has 2 rings (SSSR count). The fourth-order valence-corrected chi connectivity index (χ4v) is 2.84. The fraction of sp³-hybridized carbons (Fsp3) is 0.533. The minimum atomic E-state index is -4.25. The van der Waals surface area contributed by atoms with Gasteiger partial charge in [-0.15, -0.1) is 0 Å². The number of hydrogen-bond donors (Lipinski definition) is 2. The molecular weight excluding hydrogens is 317 g/mol. The Morgan fingerprint density at radius 2 is 1.91 bits per heavy atom. The van der Waals surface area contributed by atoms with Gasteiger partial charge in [0.05, 0.1) is 11.6 Å². The maximum atomic E-state index is 13.5. The van der Waals surface area contributed by atoms with Gasteiger partial charge in [-0.1, -0.05) is 12.8 Å². The summed E-state index contributed by atoms with van der Waals surface area (Å²) in [6.45, 7) is -0.0973. The van der Waals surface area contributed by atoms with Crippen LogP contribution in [0.2, 0.25) is 0 Å². The van der Waals surface area contributed by atoms with Crippen molar-refractivity contribution in [1.82, 2.24) is 0 Å². The third-order valence-electron chi connectivity index (χ3n) is 4.02. The first-order valence-corrected chi connectivity index (χ1v) is 7.36. The molecule has 1 aromatic rings. The molecule has 0 saturated heterocycles. The van der Waals surface area contributed by atoms with Crippen LogP contribution in [0.1, 0.15) is 25.7 Å². The predicted molar refractivity (Wildman–Crippen MR) is 78.0 cm³/mol. The van der Waals surface area contributed by atoms with E-state index in [1.165, 1.54) is 0 Å². The molecule has 0 radical (unpaired) electrons. The predicted octanol–water partition coefficient (Wildman–Crippen LogP) is 4.06. The van der Waals surface area contributed by atoms with Crippen molar-refractivity contribution in [1.29, 1.82) is 0 Å². The molecule has 3 nitrogen and oxygen atoms in total. The van der Waals surface area contributed by atoms with Gasteiger partial charge >= 0.3 is 6.18 Å². The molecule has 0 bridgehead atoms. The average Bonchev–Trinajstić information content (AvgIpc) is 2.48. The summed E-state index contributed by atoms with van der Waals surface area (Å²) in [6, 6.07) is 2.77. The summed E-state index contributed by atoms with van der Waals surface area (Å²) in [5, 5.41) is 2.38. The highest BCUT2D eigenvalue weighted by Gasteiger charge is 2.45. The second-order valence-electron chi connectivity index (χ2n) is 5.67. The van der Waals surface area contributed by atoms with Crippen molar-refractivity contribution in [2.75, 3.05) is 11.9 Å². The number of nitrogens with zero attached hydrogens (tertiary/aromatic N) is 1. The van der Waals surface area contributed by atoms with Crippen LogP contribution in [-0.4, -0.2) is 18.7 Å². The highest BCUT2D eigenvalue weighted by Crippen LogP contribution is 2.41. The largest absolute Gasteiger partial charge is 0.392 e. The van der Waals surface area contributed by atoms with Gasteiger partial charge in [0, 0.05) is 12.6 Å². The molecule has 1 fully saturated rings. The first kappa shape index (κ1) is 17.5. The van der Waals surface area contributed by atoms with E-state index < -0.39 is 29.6 Å². The summed E-state index contributed by atoms with van der Waals surface area (Å²) in [4.78, 5) is 3.87. The van der Waals surface area contributed by atoms with Crippen LogP contribution in [-0.2, 0) is 0 Å². The topological polar surface area (TPSA) is 50.4 Å². The first-order valence-electron chi connectivity index (χ1n) is 7.36. The molecule has 128 valence electrons. The van der Waals surface area contributed by atoms with Crippen molar-refractivity contribution in [3.63, 3.8) is 0 Å². The molecule has 1 aliphatic carbocycles. The summed E-state index contributed by atoms with van der Waals surface area (Å²) in [5.74, 6) is -3.65. The molecule has 0 amide bonds. The molecule has 1 aromatic carbocycles. The Bertz CT molecular complexity index is 571. The van der Waals surface area contributed by atoms with Gasteiger partial charge in [-0.2, -0.15) is 13.2 Å². The van der Waals surface area contributed by atoms with E-state index in [-0.39, 0.29) is 24.6 Å². The maximum Gasteiger partial charge on any atom is 0.392 e. The van der Waals surface area contributed by atoms with Gasteiger partial charge in [-0.25, -0.2) is 8.78 Å². The van der Waals surface area contributed by atoms with Crippen molar-refractivity contribution < 1.29 is 22.0 Å². The maximum absolute atomic E-state index is 13.5. The summed E-state index contributed by atoms with van der Waals surface area (Å²) < 4.78 is 65.4. The smallest absolute Gasteiger partial charge is 0.370 e. The number of hydrogen-bond acceptors (Lipinski definition) is 1. The van der Waals surface area contributed by atoms with Crippen LogP contribution in [0.4, 0.5) is 27.6 Å². The van der Waals surface area contributed by atoms with Gasteiger partial charge in [0.25, 0.3) is 0 Å². The third-order valence-corrected chi connectivity index (χ3v) is 4.02. The molecule has 0 unspecified atom stereocenters. The monoisotopic (exact) mass is 335 g/mol. The van der Waals surface area contributed by atoms with Gasteiger partial charge in [-0.05, 0) is 30.9 Å². The van der Waals surface area contributed by atoms with E-state index in [0.29, 0.717) is 12.8 Å². The van der Waals surface area contributed by atoms with Crippen LogP contribution in [0.5, 0.6) is 0 Å². The number of anilines is 1. The SMILES string of the molecule is NC(=NC[C@H]1CCCC[C@H]1C(F)(F)F)Nc1cc(F)ccc1F. The Kier molecular flexibility index (Phi) is 5.43. The third kappa shape index (κ3) is 4.80. The number of rotatable bonds is 3. The van der Waals surface area contributed by atoms with Crippen LogP contribution in [0.25, 0.3) is 0 Å². The zero-order valence-corrected chi connectivity index (χ0v) is 12.3. The Morgan fingerprint density at radius 3 is 2.61 bits per heavy atom. The van der Waals surface area contributed by atoms with Crippen LogP contribution in [0, 0.1) is 23.5 Å². The van der Waals surface area contributed by atoms with Crippen molar-refractivity contribution in [3.8, 4) is 0 Å². The van der Waals surface area contributed by atoms with E-state index in [1.54, 1.807) is 0 Å². The molecule has 0 heterocycles. The molecule has 0 aliphatic heterocycles. The van der Waals surface area contributed by atoms with E-state index in [0.717, 1.165) is 24.6 Å². The molecule has 1 saturated carbocycles. The molecule has 8 heteroatoms. The van der Waals surface area contributed by atoms with Gasteiger partial charge < -0.3 is 11.1 Å². The van der Waals surface area contributed by atoms with Crippen molar-refractivity contribution in [2.45, 2.75) is 31.9 Å². The van der Waals surface area contributed by atoms with Gasteiger partial charge in [-0.3, -0.25) is 4.99 Å². The number of alkyl halides is 3. The minimum absolute atomic E-state index is 0.0928. The number of benzene rings is 1. The van der Waals surface area contributed by atoms with E-state index in [1.807, 2.05) is 0 Å². The molecular formula is C15H18F5N3. The number of aliphatic imine (C=N–C) groups is 1. The second-order valence-corrected chi connectivity index (χ2v) is 5.67. The molecule has 0 aromatic heterocycles. The summed E-state index contributed by atoms with van der Waals surface area (Å²) in [7, 11) is 0. The lowest BCUT2D eigenvalue weighted by molar-refractivity contribution is -0.195. The number of guanidine groups is 1. The Balaban J connectivity index is 2.02. The molecule has 1 aliphatic rings. The second kappa shape index (κ2) is 7.14. The minimum Gasteiger partial charge on any atom is -0.370 e. The lowest BCUT2D eigenvalue weighted by Gasteiger charge is -2.32. The zero-order chi connectivity index (χ0) is 17.0. The number of halogens is 5. The van der Waals surface area contributed by atoms with Crippen molar-refractivity contribution in [2.24, 2.45) is 22.6 Å². The first-order chi connectivity index (χ1) is 10.8. The summed E-state index contributed by atoms with van der Waals surface area (Å²) in [5.41, 5.74) is 5.36. The summed E-state index contributed by atoms with van der Waals surface area (Å²) in [6.07, 6.45) is -2.46. The Morgan fingerprint density at radius 1 is 1.22 bits per heavy atom. The lowest BCUT2D eigenvalue weighted by atomic mass is 9.79. The number of nitrogens with two attached hydrogens (primary N) is 1. The number of nitrogens with one attached hydrogen (secondary N) is 1. The van der Waals surface area contributed by atoms with Gasteiger partial charge in [0.1, 0.15) is 11.6 Å².